The quantitative estimate of drug-likeness (QED) is 0.554. The predicted octanol–water partition coefficient (Wildman–Crippen LogP) is 2.56. The molecule has 0 saturated carbocycles. The number of aliphatic hydroxyl groups excluding tert-OH is 1. The van der Waals surface area contributed by atoms with Crippen molar-refractivity contribution in [2.75, 3.05) is 18.0 Å². The van der Waals surface area contributed by atoms with Crippen LogP contribution in [0.3, 0.4) is 0 Å². The number of aliphatic hydroxyl groups is 1. The molecule has 152 valence electrons. The van der Waals surface area contributed by atoms with E-state index < -0.39 is 0 Å². The highest BCUT2D eigenvalue weighted by Gasteiger charge is 2.21. The number of aromatic nitrogens is 6. The Hall–Kier alpha value is -3.59. The Bertz CT molecular complexity index is 1160. The van der Waals surface area contributed by atoms with Crippen molar-refractivity contribution in [2.24, 2.45) is 7.05 Å². The summed E-state index contributed by atoms with van der Waals surface area (Å²) < 4.78 is 7.29. The average Bonchev–Trinajstić information content (AvgIpc) is 3.41. The maximum Gasteiger partial charge on any atom is 0.262 e. The van der Waals surface area contributed by atoms with Crippen LogP contribution in [0.2, 0.25) is 0 Å². The van der Waals surface area contributed by atoms with Crippen LogP contribution in [0.1, 0.15) is 12.8 Å². The number of β-amino-alcohol motifs (C(OH)–C–C–N with tert-alkyl or cyclic N) is 1. The Kier molecular flexibility index (Phi) is 4.72. The van der Waals surface area contributed by atoms with Gasteiger partial charge in [0.25, 0.3) is 5.89 Å². The first-order valence-corrected chi connectivity index (χ1v) is 9.85. The number of nitrogens with zero attached hydrogens (tertiary/aromatic N) is 7. The molecule has 0 radical (unpaired) electrons. The van der Waals surface area contributed by atoms with Crippen molar-refractivity contribution in [3.8, 4) is 34.1 Å². The summed E-state index contributed by atoms with van der Waals surface area (Å²) in [6.07, 6.45) is 8.51. The van der Waals surface area contributed by atoms with Crippen molar-refractivity contribution in [3.05, 3.63) is 49.1 Å². The normalized spacial score (nSPS) is 16.7. The molecule has 1 fully saturated rings. The van der Waals surface area contributed by atoms with E-state index in [4.69, 9.17) is 4.52 Å². The number of hydrogen-bond acceptors (Lipinski definition) is 8. The van der Waals surface area contributed by atoms with Gasteiger partial charge in [0.2, 0.25) is 5.82 Å². The molecule has 1 N–H and O–H groups in total. The summed E-state index contributed by atoms with van der Waals surface area (Å²) in [4.78, 5) is 15.3. The fourth-order valence-electron chi connectivity index (χ4n) is 3.70. The van der Waals surface area contributed by atoms with Gasteiger partial charge in [-0.15, -0.1) is 0 Å². The number of pyridine rings is 2. The molecular weight excluding hydrogens is 382 g/mol. The molecule has 4 aromatic rings. The molecule has 0 aliphatic carbocycles. The number of aryl methyl sites for hydroxylation is 1. The van der Waals surface area contributed by atoms with Crippen molar-refractivity contribution >= 4 is 5.82 Å². The molecule has 0 spiro atoms. The summed E-state index contributed by atoms with van der Waals surface area (Å²) in [5.74, 6) is 1.67. The summed E-state index contributed by atoms with van der Waals surface area (Å²) in [5.41, 5.74) is 3.17. The van der Waals surface area contributed by atoms with Gasteiger partial charge in [-0.3, -0.25) is 9.67 Å². The lowest BCUT2D eigenvalue weighted by Crippen LogP contribution is -2.38. The first kappa shape index (κ1) is 18.4. The minimum Gasteiger partial charge on any atom is -0.391 e. The highest BCUT2D eigenvalue weighted by Crippen LogP contribution is 2.31. The summed E-state index contributed by atoms with van der Waals surface area (Å²) in [6.45, 7) is 1.45. The summed E-state index contributed by atoms with van der Waals surface area (Å²) in [6, 6.07) is 7.59. The van der Waals surface area contributed by atoms with Gasteiger partial charge in [-0.2, -0.15) is 10.1 Å². The van der Waals surface area contributed by atoms with E-state index in [-0.39, 0.29) is 6.10 Å². The van der Waals surface area contributed by atoms with Crippen molar-refractivity contribution in [1.29, 1.82) is 0 Å². The summed E-state index contributed by atoms with van der Waals surface area (Å²) >= 11 is 0. The maximum absolute atomic E-state index is 9.96. The van der Waals surface area contributed by atoms with Crippen LogP contribution in [0.15, 0.2) is 53.6 Å². The Labute approximate surface area is 173 Å². The highest BCUT2D eigenvalue weighted by molar-refractivity contribution is 5.76. The van der Waals surface area contributed by atoms with Gasteiger partial charge >= 0.3 is 0 Å². The molecule has 5 heterocycles. The fraction of sp³-hybridized carbons (Fsp3) is 0.286. The van der Waals surface area contributed by atoms with Gasteiger partial charge in [-0.05, 0) is 37.1 Å². The molecular formula is C21H21N7O2. The second-order valence-corrected chi connectivity index (χ2v) is 7.37. The smallest absolute Gasteiger partial charge is 0.262 e. The number of piperidine rings is 1. The maximum atomic E-state index is 9.96. The van der Waals surface area contributed by atoms with Gasteiger partial charge in [0.15, 0.2) is 0 Å². The molecule has 9 nitrogen and oxygen atoms in total. The van der Waals surface area contributed by atoms with Crippen LogP contribution in [0.25, 0.3) is 34.1 Å². The second-order valence-electron chi connectivity index (χ2n) is 7.37. The van der Waals surface area contributed by atoms with E-state index in [1.54, 1.807) is 23.3 Å². The van der Waals surface area contributed by atoms with Gasteiger partial charge < -0.3 is 14.5 Å². The van der Waals surface area contributed by atoms with Crippen LogP contribution in [-0.2, 0) is 7.05 Å². The third-order valence-corrected chi connectivity index (χ3v) is 5.14. The standard InChI is InChI=1S/C21H21N7O2/c1-27-13-17(19(25-27)15-4-2-7-22-11-15)21-24-20(26-30-21)14-6-8-23-18(10-14)28-9-3-5-16(29)12-28/h2,4,6-8,10-11,13,16,29H,3,5,9,12H2,1H3. The van der Waals surface area contributed by atoms with E-state index in [0.717, 1.165) is 47.6 Å². The van der Waals surface area contributed by atoms with Crippen molar-refractivity contribution < 1.29 is 9.63 Å². The Morgan fingerprint density at radius 1 is 1.20 bits per heavy atom. The van der Waals surface area contributed by atoms with Gasteiger partial charge in [0.1, 0.15) is 11.5 Å². The summed E-state index contributed by atoms with van der Waals surface area (Å²) in [5, 5.41) is 18.7. The summed E-state index contributed by atoms with van der Waals surface area (Å²) in [7, 11) is 1.85. The van der Waals surface area contributed by atoms with Gasteiger partial charge in [-0.1, -0.05) is 5.16 Å². The van der Waals surface area contributed by atoms with Crippen molar-refractivity contribution in [2.45, 2.75) is 18.9 Å². The van der Waals surface area contributed by atoms with E-state index in [0.29, 0.717) is 18.3 Å². The van der Waals surface area contributed by atoms with Crippen molar-refractivity contribution in [1.82, 2.24) is 29.9 Å². The minimum atomic E-state index is -0.322. The number of rotatable bonds is 4. The molecule has 9 heteroatoms. The van der Waals surface area contributed by atoms with Crippen LogP contribution in [-0.4, -0.2) is 54.2 Å². The third kappa shape index (κ3) is 3.55. The van der Waals surface area contributed by atoms with E-state index in [9.17, 15) is 5.11 Å². The largest absolute Gasteiger partial charge is 0.391 e. The molecule has 1 atom stereocenters. The second kappa shape index (κ2) is 7.68. The first-order valence-electron chi connectivity index (χ1n) is 9.85. The Balaban J connectivity index is 1.47. The zero-order valence-electron chi connectivity index (χ0n) is 16.5. The number of anilines is 1. The van der Waals surface area contributed by atoms with E-state index in [1.807, 2.05) is 37.5 Å². The molecule has 1 saturated heterocycles. The van der Waals surface area contributed by atoms with E-state index in [1.165, 1.54) is 0 Å². The lowest BCUT2D eigenvalue weighted by Gasteiger charge is -2.31. The number of hydrogen-bond donors (Lipinski definition) is 1. The topological polar surface area (TPSA) is 106 Å². The lowest BCUT2D eigenvalue weighted by atomic mass is 10.1. The molecule has 4 aromatic heterocycles. The molecule has 1 unspecified atom stereocenters. The van der Waals surface area contributed by atoms with Crippen LogP contribution >= 0.6 is 0 Å². The Morgan fingerprint density at radius 2 is 2.13 bits per heavy atom. The van der Waals surface area contributed by atoms with Crippen LogP contribution in [0, 0.1) is 0 Å². The third-order valence-electron chi connectivity index (χ3n) is 5.14. The average molecular weight is 403 g/mol. The zero-order chi connectivity index (χ0) is 20.5. The SMILES string of the molecule is Cn1cc(-c2nc(-c3ccnc(N4CCCC(O)C4)c3)no2)c(-c2cccnc2)n1. The predicted molar refractivity (Wildman–Crippen MR) is 110 cm³/mol. The molecule has 1 aliphatic rings. The molecule has 0 aromatic carbocycles. The van der Waals surface area contributed by atoms with Crippen LogP contribution in [0.4, 0.5) is 5.82 Å². The van der Waals surface area contributed by atoms with Gasteiger partial charge in [0, 0.05) is 56.1 Å². The molecule has 30 heavy (non-hydrogen) atoms. The molecule has 0 amide bonds. The molecule has 1 aliphatic heterocycles. The fourth-order valence-corrected chi connectivity index (χ4v) is 3.70. The molecule has 0 bridgehead atoms. The van der Waals surface area contributed by atoms with E-state index >= 15 is 0 Å². The molecule has 5 rings (SSSR count). The minimum absolute atomic E-state index is 0.322. The zero-order valence-corrected chi connectivity index (χ0v) is 16.5. The van der Waals surface area contributed by atoms with Gasteiger partial charge in [0.05, 0.1) is 11.7 Å². The first-order chi connectivity index (χ1) is 14.7. The Morgan fingerprint density at radius 3 is 2.97 bits per heavy atom. The lowest BCUT2D eigenvalue weighted by molar-refractivity contribution is 0.154. The van der Waals surface area contributed by atoms with E-state index in [2.05, 4.69) is 30.1 Å². The van der Waals surface area contributed by atoms with Crippen molar-refractivity contribution in [3.63, 3.8) is 0 Å². The highest BCUT2D eigenvalue weighted by atomic mass is 16.5. The van der Waals surface area contributed by atoms with Crippen LogP contribution in [0.5, 0.6) is 0 Å². The monoisotopic (exact) mass is 403 g/mol. The van der Waals surface area contributed by atoms with Crippen LogP contribution < -0.4 is 4.90 Å². The van der Waals surface area contributed by atoms with Gasteiger partial charge in [-0.25, -0.2) is 4.98 Å².